The summed E-state index contributed by atoms with van der Waals surface area (Å²) in [6.07, 6.45) is 7.12. The predicted molar refractivity (Wildman–Crippen MR) is 96.7 cm³/mol. The first-order chi connectivity index (χ1) is 11.9. The van der Waals surface area contributed by atoms with E-state index in [1.807, 2.05) is 17.7 Å². The Morgan fingerprint density at radius 3 is 2.64 bits per heavy atom. The standard InChI is InChI=1S/C18H26N6O/c1-13-15(11-21-24(13)18(2,3)4)16(25)22-14-7-5-10-23(12-14)17-19-8-6-9-20-17/h6,8-9,11,14H,5,7,10,12H2,1-4H3,(H,22,25)/t14-/m1/s1. The minimum absolute atomic E-state index is 0.0613. The average molecular weight is 342 g/mol. The number of rotatable bonds is 3. The summed E-state index contributed by atoms with van der Waals surface area (Å²) in [7, 11) is 0. The first kappa shape index (κ1) is 17.4. The minimum Gasteiger partial charge on any atom is -0.347 e. The Morgan fingerprint density at radius 1 is 1.28 bits per heavy atom. The molecule has 0 saturated carbocycles. The Hall–Kier alpha value is -2.44. The van der Waals surface area contributed by atoms with Gasteiger partial charge in [-0.2, -0.15) is 5.10 Å². The van der Waals surface area contributed by atoms with E-state index in [-0.39, 0.29) is 17.5 Å². The van der Waals surface area contributed by atoms with Gasteiger partial charge in [0, 0.05) is 37.2 Å². The number of carbonyl (C=O) groups excluding carboxylic acids is 1. The Morgan fingerprint density at radius 2 is 2.00 bits per heavy atom. The molecule has 134 valence electrons. The van der Waals surface area contributed by atoms with Gasteiger partial charge in [-0.05, 0) is 46.6 Å². The molecule has 1 atom stereocenters. The highest BCUT2D eigenvalue weighted by Gasteiger charge is 2.26. The molecular weight excluding hydrogens is 316 g/mol. The van der Waals surface area contributed by atoms with E-state index in [2.05, 4.69) is 46.1 Å². The van der Waals surface area contributed by atoms with Gasteiger partial charge in [-0.1, -0.05) is 0 Å². The van der Waals surface area contributed by atoms with Crippen LogP contribution in [0.5, 0.6) is 0 Å². The normalized spacial score (nSPS) is 18.2. The molecule has 3 rings (SSSR count). The van der Waals surface area contributed by atoms with Crippen LogP contribution in [0.1, 0.15) is 49.7 Å². The van der Waals surface area contributed by atoms with E-state index in [0.29, 0.717) is 5.56 Å². The van der Waals surface area contributed by atoms with E-state index in [1.165, 1.54) is 0 Å². The summed E-state index contributed by atoms with van der Waals surface area (Å²) in [5.41, 5.74) is 1.39. The molecule has 0 aromatic carbocycles. The van der Waals surface area contributed by atoms with Crippen LogP contribution in [-0.2, 0) is 5.54 Å². The van der Waals surface area contributed by atoms with Crippen LogP contribution in [0.25, 0.3) is 0 Å². The second-order valence-electron chi connectivity index (χ2n) is 7.53. The molecule has 0 aliphatic carbocycles. The molecule has 2 aromatic rings. The van der Waals surface area contributed by atoms with E-state index >= 15 is 0 Å². The van der Waals surface area contributed by atoms with Gasteiger partial charge in [-0.25, -0.2) is 9.97 Å². The van der Waals surface area contributed by atoms with Crippen molar-refractivity contribution in [2.24, 2.45) is 0 Å². The van der Waals surface area contributed by atoms with Gasteiger partial charge in [0.25, 0.3) is 5.91 Å². The summed E-state index contributed by atoms with van der Waals surface area (Å²) in [4.78, 5) is 23.4. The van der Waals surface area contributed by atoms with Gasteiger partial charge < -0.3 is 10.2 Å². The van der Waals surface area contributed by atoms with Crippen LogP contribution >= 0.6 is 0 Å². The maximum Gasteiger partial charge on any atom is 0.255 e. The molecule has 1 amide bonds. The highest BCUT2D eigenvalue weighted by atomic mass is 16.1. The number of aromatic nitrogens is 4. The van der Waals surface area contributed by atoms with E-state index < -0.39 is 0 Å². The van der Waals surface area contributed by atoms with Crippen molar-refractivity contribution in [2.45, 2.75) is 52.1 Å². The van der Waals surface area contributed by atoms with Gasteiger partial charge in [-0.3, -0.25) is 9.48 Å². The lowest BCUT2D eigenvalue weighted by Crippen LogP contribution is -2.48. The van der Waals surface area contributed by atoms with Crippen LogP contribution in [0.2, 0.25) is 0 Å². The Bertz CT molecular complexity index is 734. The summed E-state index contributed by atoms with van der Waals surface area (Å²) in [5.74, 6) is 0.659. The Kier molecular flexibility index (Phi) is 4.74. The van der Waals surface area contributed by atoms with E-state index in [0.717, 1.165) is 37.6 Å². The lowest BCUT2D eigenvalue weighted by atomic mass is 10.1. The molecule has 1 aliphatic rings. The van der Waals surface area contributed by atoms with Gasteiger partial charge in [0.05, 0.1) is 17.3 Å². The van der Waals surface area contributed by atoms with Crippen LogP contribution in [0, 0.1) is 6.92 Å². The first-order valence-electron chi connectivity index (χ1n) is 8.74. The van der Waals surface area contributed by atoms with Crippen molar-refractivity contribution in [3.8, 4) is 0 Å². The molecule has 1 saturated heterocycles. The number of piperidine rings is 1. The van der Waals surface area contributed by atoms with Crippen molar-refractivity contribution >= 4 is 11.9 Å². The smallest absolute Gasteiger partial charge is 0.255 e. The summed E-state index contributed by atoms with van der Waals surface area (Å²) in [6, 6.07) is 1.89. The first-order valence-corrected chi connectivity index (χ1v) is 8.74. The molecule has 0 bridgehead atoms. The zero-order chi connectivity index (χ0) is 18.0. The lowest BCUT2D eigenvalue weighted by molar-refractivity contribution is 0.0932. The van der Waals surface area contributed by atoms with Crippen molar-refractivity contribution in [3.05, 3.63) is 35.9 Å². The van der Waals surface area contributed by atoms with Crippen LogP contribution < -0.4 is 10.2 Å². The van der Waals surface area contributed by atoms with Gasteiger partial charge in [-0.15, -0.1) is 0 Å². The topological polar surface area (TPSA) is 75.9 Å². The van der Waals surface area contributed by atoms with E-state index in [4.69, 9.17) is 0 Å². The fourth-order valence-corrected chi connectivity index (χ4v) is 3.30. The molecule has 1 fully saturated rings. The van der Waals surface area contributed by atoms with Crippen molar-refractivity contribution in [1.82, 2.24) is 25.1 Å². The van der Waals surface area contributed by atoms with Crippen LogP contribution in [-0.4, -0.2) is 44.8 Å². The Labute approximate surface area is 148 Å². The monoisotopic (exact) mass is 342 g/mol. The second-order valence-corrected chi connectivity index (χ2v) is 7.53. The number of hydrogen-bond donors (Lipinski definition) is 1. The number of amides is 1. The molecule has 0 unspecified atom stereocenters. The number of carbonyl (C=O) groups is 1. The highest BCUT2D eigenvalue weighted by molar-refractivity contribution is 5.95. The van der Waals surface area contributed by atoms with Gasteiger partial charge in [0.2, 0.25) is 5.95 Å². The highest BCUT2D eigenvalue weighted by Crippen LogP contribution is 2.19. The fourth-order valence-electron chi connectivity index (χ4n) is 3.30. The van der Waals surface area contributed by atoms with E-state index in [1.54, 1.807) is 18.6 Å². The van der Waals surface area contributed by atoms with Crippen molar-refractivity contribution in [2.75, 3.05) is 18.0 Å². The maximum absolute atomic E-state index is 12.7. The van der Waals surface area contributed by atoms with Crippen molar-refractivity contribution < 1.29 is 4.79 Å². The molecule has 7 heteroatoms. The molecule has 1 aliphatic heterocycles. The molecular formula is C18H26N6O. The zero-order valence-corrected chi connectivity index (χ0v) is 15.4. The largest absolute Gasteiger partial charge is 0.347 e. The average Bonchev–Trinajstić information content (AvgIpc) is 2.98. The molecule has 2 aromatic heterocycles. The summed E-state index contributed by atoms with van der Waals surface area (Å²) in [5, 5.41) is 7.54. The predicted octanol–water partition coefficient (Wildman–Crippen LogP) is 2.14. The number of nitrogens with zero attached hydrogens (tertiary/aromatic N) is 5. The SMILES string of the molecule is Cc1c(C(=O)N[C@@H]2CCCN(c3ncccn3)C2)cnn1C(C)(C)C. The second kappa shape index (κ2) is 6.82. The fraction of sp³-hybridized carbons (Fsp3) is 0.556. The molecule has 3 heterocycles. The van der Waals surface area contributed by atoms with Gasteiger partial charge >= 0.3 is 0 Å². The zero-order valence-electron chi connectivity index (χ0n) is 15.4. The third kappa shape index (κ3) is 3.81. The minimum atomic E-state index is -0.144. The van der Waals surface area contributed by atoms with E-state index in [9.17, 15) is 4.79 Å². The third-order valence-corrected chi connectivity index (χ3v) is 4.48. The van der Waals surface area contributed by atoms with Crippen LogP contribution in [0.3, 0.4) is 0 Å². The number of anilines is 1. The molecule has 25 heavy (non-hydrogen) atoms. The Balaban J connectivity index is 1.68. The van der Waals surface area contributed by atoms with Crippen molar-refractivity contribution in [1.29, 1.82) is 0 Å². The molecule has 0 spiro atoms. The molecule has 7 nitrogen and oxygen atoms in total. The number of hydrogen-bond acceptors (Lipinski definition) is 5. The summed E-state index contributed by atoms with van der Waals surface area (Å²) >= 11 is 0. The quantitative estimate of drug-likeness (QED) is 0.925. The maximum atomic E-state index is 12.7. The summed E-state index contributed by atoms with van der Waals surface area (Å²) in [6.45, 7) is 9.81. The van der Waals surface area contributed by atoms with Gasteiger partial charge in [0.15, 0.2) is 0 Å². The van der Waals surface area contributed by atoms with Gasteiger partial charge in [0.1, 0.15) is 0 Å². The number of nitrogens with one attached hydrogen (secondary N) is 1. The molecule has 1 N–H and O–H groups in total. The lowest BCUT2D eigenvalue weighted by Gasteiger charge is -2.33. The van der Waals surface area contributed by atoms with Crippen LogP contribution in [0.4, 0.5) is 5.95 Å². The van der Waals surface area contributed by atoms with Crippen LogP contribution in [0.15, 0.2) is 24.7 Å². The summed E-state index contributed by atoms with van der Waals surface area (Å²) < 4.78 is 1.90. The van der Waals surface area contributed by atoms with Crippen molar-refractivity contribution in [3.63, 3.8) is 0 Å². The third-order valence-electron chi connectivity index (χ3n) is 4.48. The molecule has 0 radical (unpaired) electrons.